The van der Waals surface area contributed by atoms with Crippen molar-refractivity contribution in [3.05, 3.63) is 69.7 Å². The topological polar surface area (TPSA) is 105 Å². The molecule has 1 aliphatic heterocycles. The maximum atomic E-state index is 13.4. The Morgan fingerprint density at radius 2 is 1.29 bits per heavy atom. The lowest BCUT2D eigenvalue weighted by Crippen LogP contribution is -2.59. The summed E-state index contributed by atoms with van der Waals surface area (Å²) in [6.07, 6.45) is -0.242. The number of ketones is 2. The molecule has 0 radical (unpaired) electrons. The van der Waals surface area contributed by atoms with Gasteiger partial charge in [0.2, 0.25) is 0 Å². The summed E-state index contributed by atoms with van der Waals surface area (Å²) in [7, 11) is 2.82. The maximum Gasteiger partial charge on any atom is 0.330 e. The van der Waals surface area contributed by atoms with Crippen LogP contribution in [-0.2, 0) is 0 Å². The monoisotopic (exact) mass is 458 g/mol. The number of amidine groups is 2. The van der Waals surface area contributed by atoms with Gasteiger partial charge in [0.05, 0.1) is 5.92 Å². The molecule has 2 amide bonds. The van der Waals surface area contributed by atoms with Crippen LogP contribution in [0.25, 0.3) is 0 Å². The van der Waals surface area contributed by atoms with Gasteiger partial charge in [-0.3, -0.25) is 30.2 Å². The van der Waals surface area contributed by atoms with Gasteiger partial charge in [-0.1, -0.05) is 23.2 Å². The van der Waals surface area contributed by atoms with E-state index in [1.54, 1.807) is 48.5 Å². The van der Waals surface area contributed by atoms with Crippen molar-refractivity contribution >= 4 is 52.5 Å². The molecular weight excluding hydrogens is 439 g/mol. The molecule has 0 aromatic heterocycles. The normalized spacial score (nSPS) is 17.7. The van der Waals surface area contributed by atoms with E-state index in [0.717, 1.165) is 9.80 Å². The minimum Gasteiger partial charge on any atom is -0.294 e. The fraction of sp³-hybridized carbons (Fsp3) is 0.227. The number of nitrogens with zero attached hydrogens (tertiary/aromatic N) is 2. The molecule has 1 atom stereocenters. The lowest BCUT2D eigenvalue weighted by Gasteiger charge is -2.39. The number of amides is 2. The molecule has 31 heavy (non-hydrogen) atoms. The zero-order chi connectivity index (χ0) is 22.9. The Bertz CT molecular complexity index is 1040. The summed E-state index contributed by atoms with van der Waals surface area (Å²) in [6, 6.07) is 11.9. The Balaban J connectivity index is 2.02. The molecule has 1 fully saturated rings. The highest BCUT2D eigenvalue weighted by atomic mass is 35.5. The summed E-state index contributed by atoms with van der Waals surface area (Å²) >= 11 is 11.8. The smallest absolute Gasteiger partial charge is 0.294 e. The Kier molecular flexibility index (Phi) is 6.57. The Labute approximate surface area is 189 Å². The highest BCUT2D eigenvalue weighted by molar-refractivity contribution is 6.31. The summed E-state index contributed by atoms with van der Waals surface area (Å²) in [5.41, 5.74) is 0.672. The Hall–Kier alpha value is -3.03. The van der Waals surface area contributed by atoms with Crippen molar-refractivity contribution in [3.63, 3.8) is 0 Å². The second-order valence-electron chi connectivity index (χ2n) is 7.26. The van der Waals surface area contributed by atoms with Crippen molar-refractivity contribution in [2.24, 2.45) is 11.8 Å². The number of carbonyl (C=O) groups is 3. The fourth-order valence-electron chi connectivity index (χ4n) is 3.50. The molecule has 7 nitrogen and oxygen atoms in total. The van der Waals surface area contributed by atoms with Crippen molar-refractivity contribution < 1.29 is 14.4 Å². The fourth-order valence-corrected chi connectivity index (χ4v) is 3.75. The summed E-state index contributed by atoms with van der Waals surface area (Å²) in [5, 5.41) is 17.8. The average Bonchev–Trinajstić information content (AvgIpc) is 2.76. The molecule has 1 heterocycles. The van der Waals surface area contributed by atoms with Gasteiger partial charge in [0.15, 0.2) is 11.6 Å². The van der Waals surface area contributed by atoms with Gasteiger partial charge in [-0.25, -0.2) is 4.79 Å². The van der Waals surface area contributed by atoms with Crippen LogP contribution in [0.1, 0.15) is 27.1 Å². The number of nitrogens with one attached hydrogen (secondary N) is 2. The van der Waals surface area contributed by atoms with Crippen molar-refractivity contribution in [2.45, 2.75) is 6.42 Å². The van der Waals surface area contributed by atoms with Crippen LogP contribution in [0.2, 0.25) is 10.0 Å². The molecule has 1 unspecified atom stereocenters. The summed E-state index contributed by atoms with van der Waals surface area (Å²) < 4.78 is 0. The third kappa shape index (κ3) is 4.52. The third-order valence-corrected chi connectivity index (χ3v) is 5.83. The first-order chi connectivity index (χ1) is 14.6. The average molecular weight is 459 g/mol. The van der Waals surface area contributed by atoms with Crippen LogP contribution in [0.3, 0.4) is 0 Å². The predicted octanol–water partition coefficient (Wildman–Crippen LogP) is 4.63. The minimum atomic E-state index is -1.06. The van der Waals surface area contributed by atoms with E-state index < -0.39 is 23.7 Å². The van der Waals surface area contributed by atoms with Crippen LogP contribution in [0.4, 0.5) is 4.79 Å². The zero-order valence-electron chi connectivity index (χ0n) is 16.9. The lowest BCUT2D eigenvalue weighted by atomic mass is 9.78. The molecule has 3 rings (SSSR count). The van der Waals surface area contributed by atoms with E-state index in [4.69, 9.17) is 34.0 Å². The number of Topliss-reactive ketones (excluding diaryl/α,β-unsaturated/α-hetero) is 2. The van der Waals surface area contributed by atoms with E-state index in [1.807, 2.05) is 0 Å². The predicted molar refractivity (Wildman–Crippen MR) is 120 cm³/mol. The van der Waals surface area contributed by atoms with E-state index in [2.05, 4.69) is 0 Å². The Morgan fingerprint density at radius 1 is 0.871 bits per heavy atom. The van der Waals surface area contributed by atoms with Crippen LogP contribution in [-0.4, -0.2) is 53.2 Å². The molecule has 2 N–H and O–H groups in total. The number of halogens is 2. The van der Waals surface area contributed by atoms with E-state index in [1.165, 1.54) is 14.1 Å². The third-order valence-electron chi connectivity index (χ3n) is 5.33. The molecule has 2 aromatic carbocycles. The first-order valence-electron chi connectivity index (χ1n) is 9.38. The standard InChI is InChI=1S/C22H20Cl2N4O3/c1-27-20(25)18(21(26)28(2)22(27)31)16(19(30)13-5-9-15(24)10-6-13)11-17(29)12-3-7-14(23)8-4-12/h3-10,16,18,25-26H,11H2,1-2H3. The van der Waals surface area contributed by atoms with Crippen molar-refractivity contribution in [3.8, 4) is 0 Å². The van der Waals surface area contributed by atoms with E-state index >= 15 is 0 Å². The van der Waals surface area contributed by atoms with Crippen LogP contribution < -0.4 is 0 Å². The maximum absolute atomic E-state index is 13.4. The van der Waals surface area contributed by atoms with E-state index in [-0.39, 0.29) is 23.9 Å². The van der Waals surface area contributed by atoms with Gasteiger partial charge in [0.1, 0.15) is 11.7 Å². The molecule has 1 saturated heterocycles. The Morgan fingerprint density at radius 3 is 1.74 bits per heavy atom. The molecule has 9 heteroatoms. The molecule has 0 bridgehead atoms. The van der Waals surface area contributed by atoms with Gasteiger partial charge in [-0.2, -0.15) is 0 Å². The first kappa shape index (κ1) is 22.7. The van der Waals surface area contributed by atoms with Gasteiger partial charge in [0, 0.05) is 47.6 Å². The molecular formula is C22H20Cl2N4O3. The molecule has 160 valence electrons. The summed E-state index contributed by atoms with van der Waals surface area (Å²) in [6.45, 7) is 0. The van der Waals surface area contributed by atoms with Crippen LogP contribution in [0.5, 0.6) is 0 Å². The molecule has 2 aromatic rings. The number of carbonyl (C=O) groups excluding carboxylic acids is 3. The molecule has 0 spiro atoms. The van der Waals surface area contributed by atoms with Crippen molar-refractivity contribution in [2.75, 3.05) is 14.1 Å². The number of hydrogen-bond donors (Lipinski definition) is 2. The second kappa shape index (κ2) is 8.99. The highest BCUT2D eigenvalue weighted by Crippen LogP contribution is 2.30. The van der Waals surface area contributed by atoms with Gasteiger partial charge < -0.3 is 0 Å². The van der Waals surface area contributed by atoms with E-state index in [9.17, 15) is 14.4 Å². The number of benzene rings is 2. The van der Waals surface area contributed by atoms with Crippen molar-refractivity contribution in [1.29, 1.82) is 10.8 Å². The van der Waals surface area contributed by atoms with Crippen LogP contribution >= 0.6 is 23.2 Å². The van der Waals surface area contributed by atoms with Gasteiger partial charge in [-0.15, -0.1) is 0 Å². The summed E-state index contributed by atoms with van der Waals surface area (Å²) in [5.74, 6) is -3.26. The zero-order valence-corrected chi connectivity index (χ0v) is 18.4. The quantitative estimate of drug-likeness (QED) is 0.615. The van der Waals surface area contributed by atoms with Gasteiger partial charge in [-0.05, 0) is 48.5 Å². The molecule has 1 aliphatic rings. The minimum absolute atomic E-state index is 0.204. The van der Waals surface area contributed by atoms with Gasteiger partial charge in [0.25, 0.3) is 0 Å². The highest BCUT2D eigenvalue weighted by Gasteiger charge is 2.45. The van der Waals surface area contributed by atoms with Gasteiger partial charge >= 0.3 is 6.03 Å². The van der Waals surface area contributed by atoms with E-state index in [0.29, 0.717) is 21.2 Å². The number of rotatable bonds is 6. The largest absolute Gasteiger partial charge is 0.330 e. The second-order valence-corrected chi connectivity index (χ2v) is 8.13. The van der Waals surface area contributed by atoms with Crippen LogP contribution in [0, 0.1) is 22.7 Å². The lowest BCUT2D eigenvalue weighted by molar-refractivity contribution is 0.0834. The summed E-state index contributed by atoms with van der Waals surface area (Å²) in [4.78, 5) is 40.8. The SMILES string of the molecule is CN1C(=N)C(C(CC(=O)c2ccc(Cl)cc2)C(=O)c2ccc(Cl)cc2)C(=N)N(C)C1=O. The number of hydrogen-bond acceptors (Lipinski definition) is 5. The number of urea groups is 1. The first-order valence-corrected chi connectivity index (χ1v) is 10.1. The molecule has 0 aliphatic carbocycles. The van der Waals surface area contributed by atoms with Crippen LogP contribution in [0.15, 0.2) is 48.5 Å². The molecule has 0 saturated carbocycles. The van der Waals surface area contributed by atoms with Crippen molar-refractivity contribution in [1.82, 2.24) is 9.80 Å².